The molecular formula is C20H25F3N4OS. The first-order valence-electron chi connectivity index (χ1n) is 9.47. The van der Waals surface area contributed by atoms with Crippen molar-refractivity contribution in [3.8, 4) is 11.2 Å². The van der Waals surface area contributed by atoms with E-state index >= 15 is 0 Å². The molecule has 0 N–H and O–H groups in total. The van der Waals surface area contributed by atoms with Gasteiger partial charge in [0.15, 0.2) is 0 Å². The van der Waals surface area contributed by atoms with Crippen molar-refractivity contribution in [2.75, 3.05) is 31.9 Å². The molecule has 1 fully saturated rings. The van der Waals surface area contributed by atoms with Crippen LogP contribution in [0.1, 0.15) is 41.9 Å². The van der Waals surface area contributed by atoms with Crippen LogP contribution in [0.5, 0.6) is 0 Å². The van der Waals surface area contributed by atoms with Crippen LogP contribution in [-0.4, -0.2) is 63.6 Å². The first-order chi connectivity index (χ1) is 13.5. The van der Waals surface area contributed by atoms with Crippen LogP contribution < -0.4 is 0 Å². The number of hydrogen-bond acceptors (Lipinski definition) is 3. The van der Waals surface area contributed by atoms with Crippen molar-refractivity contribution in [2.24, 2.45) is 0 Å². The van der Waals surface area contributed by atoms with Crippen molar-refractivity contribution in [1.29, 1.82) is 0 Å². The number of amides is 1. The average molecular weight is 427 g/mol. The van der Waals surface area contributed by atoms with Crippen LogP contribution in [0, 0.1) is 11.2 Å². The summed E-state index contributed by atoms with van der Waals surface area (Å²) < 4.78 is 40.1. The molecule has 2 aromatic heterocycles. The Morgan fingerprint density at radius 2 is 1.83 bits per heavy atom. The summed E-state index contributed by atoms with van der Waals surface area (Å²) in [6.07, 6.45) is 6.96. The summed E-state index contributed by atoms with van der Waals surface area (Å²) in [6.45, 7) is 0.0474. The molecule has 3 heterocycles. The second-order valence-electron chi connectivity index (χ2n) is 7.98. The minimum absolute atomic E-state index is 0.142. The van der Waals surface area contributed by atoms with Gasteiger partial charge < -0.3 is 4.90 Å². The van der Waals surface area contributed by atoms with E-state index in [9.17, 15) is 18.0 Å². The fourth-order valence-corrected chi connectivity index (χ4v) is 3.61. The standard InChI is InChI=1S/C20H25F3N4OS/c1-29(2,3)11-8-16-15-13-24-17(19(28)26-9-6-4-5-7-10-26)12-18(15)27(25-16)14-20(21,22)23/h12-13H,4-7,9-10,14H2,1-3H3. The molecule has 3 rings (SSSR count). The van der Waals surface area contributed by atoms with Gasteiger partial charge in [0, 0.05) is 19.3 Å². The molecule has 9 heteroatoms. The van der Waals surface area contributed by atoms with Crippen molar-refractivity contribution in [1.82, 2.24) is 19.7 Å². The molecule has 0 spiro atoms. The lowest BCUT2D eigenvalue weighted by molar-refractivity contribution is -0.141. The van der Waals surface area contributed by atoms with Gasteiger partial charge in [-0.15, -0.1) is 0 Å². The van der Waals surface area contributed by atoms with E-state index in [1.807, 2.05) is 18.8 Å². The van der Waals surface area contributed by atoms with Crippen molar-refractivity contribution in [2.45, 2.75) is 38.4 Å². The van der Waals surface area contributed by atoms with Crippen molar-refractivity contribution < 1.29 is 18.0 Å². The minimum atomic E-state index is -4.43. The van der Waals surface area contributed by atoms with E-state index in [1.54, 1.807) is 4.90 Å². The van der Waals surface area contributed by atoms with E-state index in [4.69, 9.17) is 0 Å². The number of carbonyl (C=O) groups excluding carboxylic acids is 1. The number of fused-ring (bicyclic) bond motifs is 1. The molecule has 158 valence electrons. The molecule has 0 saturated carbocycles. The van der Waals surface area contributed by atoms with Gasteiger partial charge in [0.1, 0.15) is 17.9 Å². The summed E-state index contributed by atoms with van der Waals surface area (Å²) >= 11 is 0. The van der Waals surface area contributed by atoms with Crippen LogP contribution >= 0.6 is 10.0 Å². The molecule has 1 aliphatic heterocycles. The molecule has 0 aromatic carbocycles. The molecular weight excluding hydrogens is 401 g/mol. The van der Waals surface area contributed by atoms with Gasteiger partial charge in [-0.2, -0.15) is 28.3 Å². The SMILES string of the molecule is CS(C)(C)C#Cc1nn(CC(F)(F)F)c2cc(C(=O)N3CCCCCC3)ncc12. The zero-order valence-electron chi connectivity index (χ0n) is 16.8. The Labute approximate surface area is 170 Å². The van der Waals surface area contributed by atoms with Gasteiger partial charge in [0.25, 0.3) is 5.91 Å². The molecule has 0 atom stereocenters. The van der Waals surface area contributed by atoms with E-state index in [0.29, 0.717) is 18.5 Å². The minimum Gasteiger partial charge on any atom is -0.337 e. The highest BCUT2D eigenvalue weighted by Crippen LogP contribution is 2.33. The third-order valence-corrected chi connectivity index (χ3v) is 5.27. The Hall–Kier alpha value is -2.21. The predicted octanol–water partition coefficient (Wildman–Crippen LogP) is 4.01. The largest absolute Gasteiger partial charge is 0.408 e. The van der Waals surface area contributed by atoms with Crippen molar-refractivity contribution in [3.63, 3.8) is 0 Å². The molecule has 1 amide bonds. The number of carbonyl (C=O) groups is 1. The Morgan fingerprint density at radius 3 is 2.41 bits per heavy atom. The van der Waals surface area contributed by atoms with E-state index in [2.05, 4.69) is 21.3 Å². The highest BCUT2D eigenvalue weighted by Gasteiger charge is 2.30. The topological polar surface area (TPSA) is 51.0 Å². The van der Waals surface area contributed by atoms with E-state index in [1.165, 1.54) is 12.3 Å². The maximum absolute atomic E-state index is 13.1. The van der Waals surface area contributed by atoms with Gasteiger partial charge in [0.2, 0.25) is 0 Å². The highest BCUT2D eigenvalue weighted by atomic mass is 32.3. The van der Waals surface area contributed by atoms with Crippen LogP contribution in [0.2, 0.25) is 0 Å². The van der Waals surface area contributed by atoms with Crippen molar-refractivity contribution >= 4 is 26.8 Å². The lowest BCUT2D eigenvalue weighted by atomic mass is 10.2. The Bertz CT molecular complexity index is 958. The van der Waals surface area contributed by atoms with Gasteiger partial charge in [-0.05, 0) is 48.8 Å². The van der Waals surface area contributed by atoms with Crippen LogP contribution in [0.25, 0.3) is 10.9 Å². The quantitative estimate of drug-likeness (QED) is 0.682. The van der Waals surface area contributed by atoms with Gasteiger partial charge >= 0.3 is 6.18 Å². The third kappa shape index (κ3) is 5.66. The van der Waals surface area contributed by atoms with E-state index in [-0.39, 0.29) is 22.8 Å². The number of aromatic nitrogens is 3. The Kier molecular flexibility index (Phi) is 6.13. The summed E-state index contributed by atoms with van der Waals surface area (Å²) in [6, 6.07) is 1.41. The molecule has 2 aromatic rings. The number of rotatable bonds is 2. The van der Waals surface area contributed by atoms with Gasteiger partial charge in [-0.25, -0.2) is 0 Å². The summed E-state index contributed by atoms with van der Waals surface area (Å²) in [7, 11) is -1.17. The highest BCUT2D eigenvalue weighted by molar-refractivity contribution is 8.35. The first-order valence-corrected chi connectivity index (χ1v) is 12.3. The monoisotopic (exact) mass is 426 g/mol. The van der Waals surface area contributed by atoms with Crippen LogP contribution in [0.15, 0.2) is 12.3 Å². The molecule has 1 saturated heterocycles. The predicted molar refractivity (Wildman–Crippen MR) is 110 cm³/mol. The number of nitrogens with zero attached hydrogens (tertiary/aromatic N) is 4. The number of hydrogen-bond donors (Lipinski definition) is 0. The van der Waals surface area contributed by atoms with Crippen LogP contribution in [0.4, 0.5) is 13.2 Å². The molecule has 0 unspecified atom stereocenters. The van der Waals surface area contributed by atoms with Gasteiger partial charge in [-0.1, -0.05) is 12.8 Å². The lowest BCUT2D eigenvalue weighted by Gasteiger charge is -2.19. The first kappa shape index (κ1) is 21.5. The second-order valence-corrected chi connectivity index (χ2v) is 11.9. The molecule has 0 bridgehead atoms. The maximum Gasteiger partial charge on any atom is 0.408 e. The Morgan fingerprint density at radius 1 is 1.17 bits per heavy atom. The number of pyridine rings is 1. The molecule has 0 radical (unpaired) electrons. The van der Waals surface area contributed by atoms with E-state index in [0.717, 1.165) is 30.4 Å². The Balaban J connectivity index is 2.03. The van der Waals surface area contributed by atoms with Crippen LogP contribution in [0.3, 0.4) is 0 Å². The molecule has 29 heavy (non-hydrogen) atoms. The zero-order chi connectivity index (χ0) is 21.2. The van der Waals surface area contributed by atoms with Crippen LogP contribution in [-0.2, 0) is 6.54 Å². The summed E-state index contributed by atoms with van der Waals surface area (Å²) in [5.41, 5.74) is 0.625. The van der Waals surface area contributed by atoms with Crippen molar-refractivity contribution in [3.05, 3.63) is 23.7 Å². The summed E-state index contributed by atoms with van der Waals surface area (Å²) in [5.74, 6) is 2.66. The molecule has 5 nitrogen and oxygen atoms in total. The number of alkyl halides is 3. The zero-order valence-corrected chi connectivity index (χ0v) is 17.7. The molecule has 1 aliphatic rings. The third-order valence-electron chi connectivity index (χ3n) is 4.55. The fraction of sp³-hybridized carbons (Fsp3) is 0.550. The number of halogens is 3. The second kappa shape index (κ2) is 8.27. The summed E-state index contributed by atoms with van der Waals surface area (Å²) in [4.78, 5) is 18.8. The maximum atomic E-state index is 13.1. The molecule has 0 aliphatic carbocycles. The smallest absolute Gasteiger partial charge is 0.337 e. The average Bonchev–Trinajstić information content (AvgIpc) is 2.80. The summed E-state index contributed by atoms with van der Waals surface area (Å²) in [5, 5.41) is 7.58. The van der Waals surface area contributed by atoms with Gasteiger partial charge in [-0.3, -0.25) is 14.5 Å². The van der Waals surface area contributed by atoms with Gasteiger partial charge in [0.05, 0.1) is 10.9 Å². The fourth-order valence-electron chi connectivity index (χ4n) is 3.21. The normalized spacial score (nSPS) is 16.3. The lowest BCUT2D eigenvalue weighted by Crippen LogP contribution is -2.32. The van der Waals surface area contributed by atoms with E-state index < -0.39 is 22.7 Å². The number of likely N-dealkylation sites (tertiary alicyclic amines) is 1.